The van der Waals surface area contributed by atoms with Crippen LogP contribution in [0.1, 0.15) is 18.6 Å². The highest BCUT2D eigenvalue weighted by Gasteiger charge is 2.29. The molecule has 0 spiro atoms. The molecular formula is C12H17N3O3S. The molecule has 6 nitrogen and oxygen atoms in total. The minimum Gasteiger partial charge on any atom is -0.464 e. The summed E-state index contributed by atoms with van der Waals surface area (Å²) >= 11 is 4.84. The van der Waals surface area contributed by atoms with Crippen molar-refractivity contribution in [3.8, 4) is 0 Å². The lowest BCUT2D eigenvalue weighted by molar-refractivity contribution is -0.148. The number of benzene rings is 1. The van der Waals surface area contributed by atoms with Crippen LogP contribution < -0.4 is 16.6 Å². The number of aliphatic hydroxyl groups is 1. The molecule has 5 N–H and O–H groups in total. The Kier molecular flexibility index (Phi) is 6.20. The lowest BCUT2D eigenvalue weighted by atomic mass is 10.0. The lowest BCUT2D eigenvalue weighted by Gasteiger charge is -2.23. The van der Waals surface area contributed by atoms with E-state index in [0.29, 0.717) is 5.56 Å². The average Bonchev–Trinajstić information content (AvgIpc) is 2.44. The van der Waals surface area contributed by atoms with E-state index in [1.807, 2.05) is 6.07 Å². The smallest absolute Gasteiger partial charge is 0.331 e. The number of hydrogen-bond acceptors (Lipinski definition) is 5. The highest BCUT2D eigenvalue weighted by molar-refractivity contribution is 7.80. The van der Waals surface area contributed by atoms with E-state index in [1.165, 1.54) is 0 Å². The Morgan fingerprint density at radius 3 is 2.63 bits per heavy atom. The van der Waals surface area contributed by atoms with Crippen molar-refractivity contribution in [2.75, 3.05) is 6.61 Å². The third-order valence-electron chi connectivity index (χ3n) is 2.42. The number of aliphatic hydroxyl groups excluding tert-OH is 1. The number of esters is 1. The number of nitrogens with one attached hydrogen (secondary N) is 2. The molecule has 0 aliphatic heterocycles. The van der Waals surface area contributed by atoms with E-state index >= 15 is 0 Å². The van der Waals surface area contributed by atoms with Gasteiger partial charge in [0, 0.05) is 0 Å². The van der Waals surface area contributed by atoms with Gasteiger partial charge in [0.2, 0.25) is 0 Å². The predicted octanol–water partition coefficient (Wildman–Crippen LogP) is -0.0105. The van der Waals surface area contributed by atoms with Crippen LogP contribution in [-0.2, 0) is 9.53 Å². The fourth-order valence-corrected chi connectivity index (χ4v) is 1.65. The fraction of sp³-hybridized carbons (Fsp3) is 0.333. The van der Waals surface area contributed by atoms with Gasteiger partial charge in [0.15, 0.2) is 11.2 Å². The van der Waals surface area contributed by atoms with Gasteiger partial charge in [-0.1, -0.05) is 30.3 Å². The molecule has 1 rings (SSSR count). The highest BCUT2D eigenvalue weighted by atomic mass is 32.1. The van der Waals surface area contributed by atoms with Crippen LogP contribution in [0.4, 0.5) is 0 Å². The van der Waals surface area contributed by atoms with Gasteiger partial charge in [-0.2, -0.15) is 0 Å². The molecule has 0 aliphatic rings. The van der Waals surface area contributed by atoms with Crippen molar-refractivity contribution in [1.29, 1.82) is 0 Å². The molecule has 0 amide bonds. The number of ether oxygens (including phenoxy) is 1. The van der Waals surface area contributed by atoms with Crippen LogP contribution in [0.15, 0.2) is 30.3 Å². The first-order valence-electron chi connectivity index (χ1n) is 5.77. The van der Waals surface area contributed by atoms with Crippen molar-refractivity contribution in [3.05, 3.63) is 35.9 Å². The van der Waals surface area contributed by atoms with E-state index in [0.717, 1.165) is 0 Å². The highest BCUT2D eigenvalue weighted by Crippen LogP contribution is 2.17. The molecular weight excluding hydrogens is 266 g/mol. The van der Waals surface area contributed by atoms with E-state index in [4.69, 9.17) is 22.8 Å². The zero-order valence-corrected chi connectivity index (χ0v) is 11.3. The van der Waals surface area contributed by atoms with Crippen molar-refractivity contribution in [2.45, 2.75) is 19.1 Å². The normalized spacial score (nSPS) is 13.2. The Morgan fingerprint density at radius 2 is 2.11 bits per heavy atom. The summed E-state index contributed by atoms with van der Waals surface area (Å²) < 4.78 is 4.90. The molecule has 0 saturated heterocycles. The second kappa shape index (κ2) is 7.67. The number of rotatable bonds is 5. The van der Waals surface area contributed by atoms with Crippen molar-refractivity contribution in [2.24, 2.45) is 5.84 Å². The standard InChI is InChI=1S/C12H17N3O3S/c1-2-18-11(17)9(14-12(19)15-13)10(16)8-6-4-3-5-7-8/h3-7,9-10,16H,2,13H2,1H3,(H2,14,15,19). The van der Waals surface area contributed by atoms with Crippen LogP contribution in [0, 0.1) is 0 Å². The van der Waals surface area contributed by atoms with E-state index in [2.05, 4.69) is 10.7 Å². The Morgan fingerprint density at radius 1 is 1.47 bits per heavy atom. The largest absolute Gasteiger partial charge is 0.464 e. The SMILES string of the molecule is CCOC(=O)C(NC(=S)NN)C(O)c1ccccc1. The van der Waals surface area contributed by atoms with Gasteiger partial charge in [0.25, 0.3) is 0 Å². The summed E-state index contributed by atoms with van der Waals surface area (Å²) in [5, 5.41) is 12.9. The summed E-state index contributed by atoms with van der Waals surface area (Å²) in [5.74, 6) is 4.55. The first-order chi connectivity index (χ1) is 9.10. The molecule has 2 unspecified atom stereocenters. The molecule has 1 aromatic carbocycles. The molecule has 104 valence electrons. The molecule has 0 radical (unpaired) electrons. The maximum absolute atomic E-state index is 11.8. The first kappa shape index (κ1) is 15.4. The third kappa shape index (κ3) is 4.47. The average molecular weight is 283 g/mol. The summed E-state index contributed by atoms with van der Waals surface area (Å²) in [6.07, 6.45) is -1.09. The van der Waals surface area contributed by atoms with Crippen LogP contribution in [0.5, 0.6) is 0 Å². The van der Waals surface area contributed by atoms with Crippen molar-refractivity contribution < 1.29 is 14.6 Å². The van der Waals surface area contributed by atoms with Gasteiger partial charge in [-0.15, -0.1) is 0 Å². The van der Waals surface area contributed by atoms with Crippen LogP contribution in [0.2, 0.25) is 0 Å². The van der Waals surface area contributed by atoms with Crippen LogP contribution in [0.3, 0.4) is 0 Å². The van der Waals surface area contributed by atoms with Crippen molar-refractivity contribution >= 4 is 23.3 Å². The maximum atomic E-state index is 11.8. The molecule has 19 heavy (non-hydrogen) atoms. The molecule has 7 heteroatoms. The summed E-state index contributed by atoms with van der Waals surface area (Å²) in [6.45, 7) is 1.89. The second-order valence-electron chi connectivity index (χ2n) is 3.70. The van der Waals surface area contributed by atoms with Gasteiger partial charge < -0.3 is 20.6 Å². The number of nitrogens with two attached hydrogens (primary N) is 1. The molecule has 1 aromatic rings. The fourth-order valence-electron chi connectivity index (χ4n) is 1.52. The summed E-state index contributed by atoms with van der Waals surface area (Å²) in [6, 6.07) is 7.73. The van der Waals surface area contributed by atoms with Gasteiger partial charge in [0.1, 0.15) is 6.10 Å². The van der Waals surface area contributed by atoms with Crippen molar-refractivity contribution in [1.82, 2.24) is 10.7 Å². The zero-order chi connectivity index (χ0) is 14.3. The molecule has 0 saturated carbocycles. The first-order valence-corrected chi connectivity index (χ1v) is 6.17. The van der Waals surface area contributed by atoms with Gasteiger partial charge in [-0.25, -0.2) is 10.6 Å². The topological polar surface area (TPSA) is 96.6 Å². The van der Waals surface area contributed by atoms with E-state index in [-0.39, 0.29) is 11.7 Å². The summed E-state index contributed by atoms with van der Waals surface area (Å²) in [4.78, 5) is 11.8. The molecule has 0 bridgehead atoms. The Balaban J connectivity index is 2.89. The lowest BCUT2D eigenvalue weighted by Crippen LogP contribution is -2.51. The molecule has 0 aromatic heterocycles. The predicted molar refractivity (Wildman–Crippen MR) is 74.9 cm³/mol. The summed E-state index contributed by atoms with van der Waals surface area (Å²) in [5.41, 5.74) is 2.78. The quantitative estimate of drug-likeness (QED) is 0.261. The van der Waals surface area contributed by atoms with Gasteiger partial charge >= 0.3 is 5.97 Å². The number of thiocarbonyl (C=S) groups is 1. The van der Waals surface area contributed by atoms with E-state index in [9.17, 15) is 9.90 Å². The molecule has 0 heterocycles. The monoisotopic (exact) mass is 283 g/mol. The Hall–Kier alpha value is -1.70. The second-order valence-corrected chi connectivity index (χ2v) is 4.11. The minimum absolute atomic E-state index is 0.0491. The van der Waals surface area contributed by atoms with Crippen molar-refractivity contribution in [3.63, 3.8) is 0 Å². The van der Waals surface area contributed by atoms with Gasteiger partial charge in [-0.05, 0) is 24.7 Å². The van der Waals surface area contributed by atoms with E-state index < -0.39 is 18.1 Å². The number of carbonyl (C=O) groups excluding carboxylic acids is 1. The molecule has 2 atom stereocenters. The van der Waals surface area contributed by atoms with Gasteiger partial charge in [-0.3, -0.25) is 0 Å². The number of carbonyl (C=O) groups is 1. The number of hydrazine groups is 1. The number of hydrogen-bond donors (Lipinski definition) is 4. The summed E-state index contributed by atoms with van der Waals surface area (Å²) in [7, 11) is 0. The Bertz CT molecular complexity index is 427. The van der Waals surface area contributed by atoms with Crippen LogP contribution in [0.25, 0.3) is 0 Å². The molecule has 0 aliphatic carbocycles. The maximum Gasteiger partial charge on any atom is 0.331 e. The minimum atomic E-state index is -1.09. The zero-order valence-electron chi connectivity index (χ0n) is 10.5. The van der Waals surface area contributed by atoms with Crippen LogP contribution >= 0.6 is 12.2 Å². The van der Waals surface area contributed by atoms with Gasteiger partial charge in [0.05, 0.1) is 6.61 Å². The van der Waals surface area contributed by atoms with Crippen LogP contribution in [-0.4, -0.2) is 28.8 Å². The Labute approximate surface area is 116 Å². The third-order valence-corrected chi connectivity index (χ3v) is 2.65. The molecule has 0 fully saturated rings. The van der Waals surface area contributed by atoms with E-state index in [1.54, 1.807) is 31.2 Å².